The van der Waals surface area contributed by atoms with Crippen molar-refractivity contribution in [3.63, 3.8) is 0 Å². The molecule has 0 atom stereocenters. The number of hydrogen-bond donors (Lipinski definition) is 3. The number of ether oxygens (including phenoxy) is 2. The van der Waals surface area contributed by atoms with Gasteiger partial charge in [-0.3, -0.25) is 4.79 Å². The Morgan fingerprint density at radius 2 is 1.78 bits per heavy atom. The van der Waals surface area contributed by atoms with Crippen molar-refractivity contribution >= 4 is 23.2 Å². The molecule has 1 saturated heterocycles. The molecule has 8 heteroatoms. The Kier molecular flexibility index (Phi) is 11.7. The third kappa shape index (κ3) is 8.87. The Balaban J connectivity index is 1.22. The second-order valence-electron chi connectivity index (χ2n) is 9.51. The number of nitrogens with zero attached hydrogens (tertiary/aromatic N) is 1. The molecule has 1 aliphatic heterocycles. The van der Waals surface area contributed by atoms with Gasteiger partial charge in [0.25, 0.3) is 5.91 Å². The lowest BCUT2D eigenvalue weighted by Crippen LogP contribution is -2.39. The van der Waals surface area contributed by atoms with Gasteiger partial charge in [0, 0.05) is 19.2 Å². The van der Waals surface area contributed by atoms with E-state index in [-0.39, 0.29) is 5.91 Å². The third-order valence-corrected chi connectivity index (χ3v) is 7.22. The van der Waals surface area contributed by atoms with Crippen molar-refractivity contribution < 1.29 is 14.3 Å². The summed E-state index contributed by atoms with van der Waals surface area (Å²) in [5.41, 5.74) is 7.92. The second-order valence-corrected chi connectivity index (χ2v) is 9.92. The van der Waals surface area contributed by atoms with Crippen molar-refractivity contribution in [1.82, 2.24) is 15.5 Å². The number of amides is 1. The monoisotopic (exact) mass is 516 g/mol. The highest BCUT2D eigenvalue weighted by Gasteiger charge is 2.21. The van der Waals surface area contributed by atoms with Crippen LogP contribution in [0.2, 0.25) is 5.02 Å². The second kappa shape index (κ2) is 14.9. The van der Waals surface area contributed by atoms with Gasteiger partial charge in [-0.25, -0.2) is 0 Å². The highest BCUT2D eigenvalue weighted by atomic mass is 35.5. The average Bonchev–Trinajstić information content (AvgIpc) is 2.91. The van der Waals surface area contributed by atoms with Crippen molar-refractivity contribution in [2.75, 3.05) is 52.7 Å². The van der Waals surface area contributed by atoms with Crippen LogP contribution in [0.5, 0.6) is 11.5 Å². The number of carbonyl (C=O) groups excluding carboxylic acids is 1. The maximum absolute atomic E-state index is 12.6. The summed E-state index contributed by atoms with van der Waals surface area (Å²) in [6, 6.07) is 11.4. The number of halogens is 1. The van der Waals surface area contributed by atoms with Crippen LogP contribution in [0.4, 0.5) is 5.69 Å². The number of benzene rings is 2. The number of nitrogen functional groups attached to an aromatic ring is 1. The van der Waals surface area contributed by atoms with Gasteiger partial charge in [0.1, 0.15) is 11.5 Å². The van der Waals surface area contributed by atoms with E-state index in [1.807, 2.05) is 12.1 Å². The van der Waals surface area contributed by atoms with Crippen LogP contribution in [-0.4, -0.2) is 57.8 Å². The molecule has 0 spiro atoms. The third-order valence-electron chi connectivity index (χ3n) is 6.89. The van der Waals surface area contributed by atoms with Gasteiger partial charge in [-0.05, 0) is 81.5 Å². The Morgan fingerprint density at radius 1 is 1.06 bits per heavy atom. The molecular formula is C28H41ClN4O3. The quantitative estimate of drug-likeness (QED) is 0.248. The van der Waals surface area contributed by atoms with Crippen molar-refractivity contribution in [2.24, 2.45) is 5.92 Å². The lowest BCUT2D eigenvalue weighted by atomic mass is 9.96. The molecule has 2 aromatic carbocycles. The maximum Gasteiger partial charge on any atom is 0.255 e. The first kappa shape index (κ1) is 28.1. The summed E-state index contributed by atoms with van der Waals surface area (Å²) in [6.07, 6.45) is 7.20. The molecule has 0 radical (unpaired) electrons. The smallest absolute Gasteiger partial charge is 0.255 e. The van der Waals surface area contributed by atoms with E-state index in [4.69, 9.17) is 26.8 Å². The van der Waals surface area contributed by atoms with Crippen LogP contribution < -0.4 is 25.8 Å². The summed E-state index contributed by atoms with van der Waals surface area (Å²) in [4.78, 5) is 15.2. The molecule has 0 aliphatic carbocycles. The van der Waals surface area contributed by atoms with Crippen LogP contribution in [0.25, 0.3) is 0 Å². The van der Waals surface area contributed by atoms with Crippen LogP contribution >= 0.6 is 11.6 Å². The standard InChI is InChI=1S/C28H41ClN4O3/c1-35-23-9-7-21(8-10-23)19-31-13-5-3-4-6-14-33-15-11-22(12-16-33)20-32-28(34)24-17-25(29)26(30)18-27(24)36-2/h7-10,17-18,22,31H,3-6,11-16,19-20,30H2,1-2H3,(H,32,34). The minimum atomic E-state index is -0.172. The molecule has 36 heavy (non-hydrogen) atoms. The number of carbonyl (C=O) groups is 1. The minimum absolute atomic E-state index is 0.172. The SMILES string of the molecule is COc1ccc(CNCCCCCCN2CCC(CNC(=O)c3cc(Cl)c(N)cc3OC)CC2)cc1. The van der Waals surface area contributed by atoms with Crippen LogP contribution in [0.15, 0.2) is 36.4 Å². The largest absolute Gasteiger partial charge is 0.497 e. The predicted molar refractivity (Wildman–Crippen MR) is 147 cm³/mol. The Labute approximate surface area is 220 Å². The van der Waals surface area contributed by atoms with Crippen molar-refractivity contribution in [3.05, 3.63) is 52.5 Å². The molecule has 3 rings (SSSR count). The molecule has 1 aliphatic rings. The van der Waals surface area contributed by atoms with Gasteiger partial charge in [0.05, 0.1) is 30.5 Å². The fourth-order valence-electron chi connectivity index (χ4n) is 4.58. The number of nitrogens with two attached hydrogens (primary N) is 1. The number of hydrogen-bond acceptors (Lipinski definition) is 6. The number of methoxy groups -OCH3 is 2. The zero-order valence-corrected chi connectivity index (χ0v) is 22.4. The molecule has 198 valence electrons. The first-order valence-corrected chi connectivity index (χ1v) is 13.3. The normalized spacial score (nSPS) is 14.5. The van der Waals surface area contributed by atoms with Crippen LogP contribution in [0, 0.1) is 5.92 Å². The van der Waals surface area contributed by atoms with E-state index in [0.29, 0.717) is 34.5 Å². The molecule has 7 nitrogen and oxygen atoms in total. The molecule has 1 fully saturated rings. The Morgan fingerprint density at radius 3 is 2.47 bits per heavy atom. The molecule has 4 N–H and O–H groups in total. The van der Waals surface area contributed by atoms with Crippen LogP contribution in [0.3, 0.4) is 0 Å². The number of anilines is 1. The topological polar surface area (TPSA) is 88.9 Å². The number of nitrogens with one attached hydrogen (secondary N) is 2. The molecule has 1 amide bonds. The van der Waals surface area contributed by atoms with Gasteiger partial charge >= 0.3 is 0 Å². The van der Waals surface area contributed by atoms with E-state index >= 15 is 0 Å². The highest BCUT2D eigenvalue weighted by molar-refractivity contribution is 6.33. The van der Waals surface area contributed by atoms with Gasteiger partial charge in [-0.2, -0.15) is 0 Å². The molecule has 0 bridgehead atoms. The van der Waals surface area contributed by atoms with E-state index in [9.17, 15) is 4.79 Å². The van der Waals surface area contributed by atoms with E-state index in [1.54, 1.807) is 19.2 Å². The predicted octanol–water partition coefficient (Wildman–Crippen LogP) is 4.73. The lowest BCUT2D eigenvalue weighted by Gasteiger charge is -2.32. The van der Waals surface area contributed by atoms with E-state index in [2.05, 4.69) is 27.7 Å². The Bertz CT molecular complexity index is 947. The minimum Gasteiger partial charge on any atom is -0.497 e. The van der Waals surface area contributed by atoms with E-state index < -0.39 is 0 Å². The molecule has 0 saturated carbocycles. The van der Waals surface area contributed by atoms with Gasteiger partial charge in [-0.1, -0.05) is 36.6 Å². The molecule has 0 aromatic heterocycles. The lowest BCUT2D eigenvalue weighted by molar-refractivity contribution is 0.0933. The molecular weight excluding hydrogens is 476 g/mol. The summed E-state index contributed by atoms with van der Waals surface area (Å²) in [6.45, 7) is 5.99. The number of rotatable bonds is 14. The van der Waals surface area contributed by atoms with Gasteiger partial charge in [-0.15, -0.1) is 0 Å². The fourth-order valence-corrected chi connectivity index (χ4v) is 4.74. The highest BCUT2D eigenvalue weighted by Crippen LogP contribution is 2.29. The number of piperidine rings is 1. The van der Waals surface area contributed by atoms with E-state index in [1.165, 1.54) is 44.9 Å². The summed E-state index contributed by atoms with van der Waals surface area (Å²) < 4.78 is 10.5. The first-order chi connectivity index (χ1) is 17.5. The zero-order chi connectivity index (χ0) is 25.8. The van der Waals surface area contributed by atoms with Gasteiger partial charge < -0.3 is 30.7 Å². The van der Waals surface area contributed by atoms with Gasteiger partial charge in [0.15, 0.2) is 0 Å². The maximum atomic E-state index is 12.6. The Hall–Kier alpha value is -2.48. The fraction of sp³-hybridized carbons (Fsp3) is 0.536. The molecule has 1 heterocycles. The average molecular weight is 517 g/mol. The zero-order valence-electron chi connectivity index (χ0n) is 21.7. The van der Waals surface area contributed by atoms with Gasteiger partial charge in [0.2, 0.25) is 0 Å². The van der Waals surface area contributed by atoms with Crippen LogP contribution in [0.1, 0.15) is 54.4 Å². The van der Waals surface area contributed by atoms with Crippen molar-refractivity contribution in [2.45, 2.75) is 45.1 Å². The summed E-state index contributed by atoms with van der Waals surface area (Å²) in [7, 11) is 3.22. The van der Waals surface area contributed by atoms with Crippen LogP contribution in [-0.2, 0) is 6.54 Å². The summed E-state index contributed by atoms with van der Waals surface area (Å²) in [5.74, 6) is 1.67. The van der Waals surface area contributed by atoms with Crippen molar-refractivity contribution in [1.29, 1.82) is 0 Å². The molecule has 0 unspecified atom stereocenters. The molecule has 2 aromatic rings. The first-order valence-electron chi connectivity index (χ1n) is 13.0. The van der Waals surface area contributed by atoms with E-state index in [0.717, 1.165) is 44.8 Å². The van der Waals surface area contributed by atoms with Crippen molar-refractivity contribution in [3.8, 4) is 11.5 Å². The number of unbranched alkanes of at least 4 members (excludes halogenated alkanes) is 3. The summed E-state index contributed by atoms with van der Waals surface area (Å²) in [5, 5.41) is 6.93. The summed E-state index contributed by atoms with van der Waals surface area (Å²) >= 11 is 6.09. The number of likely N-dealkylation sites (tertiary alicyclic amines) is 1.